The van der Waals surface area contributed by atoms with E-state index in [1.807, 2.05) is 12.1 Å². The first kappa shape index (κ1) is 14.3. The molecule has 0 aliphatic heterocycles. The molecule has 0 spiro atoms. The van der Waals surface area contributed by atoms with Gasteiger partial charge in [0, 0.05) is 40.1 Å². The second-order valence-corrected chi connectivity index (χ2v) is 6.01. The van der Waals surface area contributed by atoms with E-state index in [4.69, 9.17) is 4.74 Å². The fraction of sp³-hybridized carbons (Fsp3) is 0.333. The van der Waals surface area contributed by atoms with E-state index in [-0.39, 0.29) is 18.2 Å². The van der Waals surface area contributed by atoms with Crippen LogP contribution in [0.4, 0.5) is 0 Å². The highest BCUT2D eigenvalue weighted by molar-refractivity contribution is 9.10. The molecule has 0 amide bonds. The van der Waals surface area contributed by atoms with Crippen molar-refractivity contribution in [1.82, 2.24) is 9.97 Å². The lowest BCUT2D eigenvalue weighted by molar-refractivity contribution is 0.105. The van der Waals surface area contributed by atoms with Crippen molar-refractivity contribution in [2.24, 2.45) is 0 Å². The smallest absolute Gasteiger partial charge is 0.254 e. The Morgan fingerprint density at radius 2 is 2.10 bits per heavy atom. The fourth-order valence-electron chi connectivity index (χ4n) is 2.02. The van der Waals surface area contributed by atoms with Gasteiger partial charge in [-0.2, -0.15) is 0 Å². The van der Waals surface area contributed by atoms with Gasteiger partial charge in [-0.3, -0.25) is 4.98 Å². The Hall–Kier alpha value is -1.66. The van der Waals surface area contributed by atoms with Crippen LogP contribution in [0.15, 0.2) is 35.1 Å². The molecule has 1 fully saturated rings. The molecule has 1 aliphatic rings. The lowest BCUT2D eigenvalue weighted by atomic mass is 10.1. The second-order valence-electron chi connectivity index (χ2n) is 5.09. The van der Waals surface area contributed by atoms with Crippen LogP contribution in [0.25, 0.3) is 0 Å². The molecule has 6 heteroatoms. The van der Waals surface area contributed by atoms with Crippen molar-refractivity contribution < 1.29 is 14.9 Å². The first-order chi connectivity index (χ1) is 10.1. The minimum Gasteiger partial charge on any atom is -0.491 e. The molecular formula is C15H15BrN2O3. The van der Waals surface area contributed by atoms with Crippen LogP contribution < -0.4 is 4.74 Å². The average Bonchev–Trinajstić information content (AvgIpc) is 3.33. The van der Waals surface area contributed by atoms with Crippen molar-refractivity contribution in [2.75, 3.05) is 6.61 Å². The minimum atomic E-state index is -0.802. The molecule has 1 aliphatic carbocycles. The molecule has 0 saturated heterocycles. The molecule has 2 aromatic heterocycles. The van der Waals surface area contributed by atoms with Gasteiger partial charge in [-0.25, -0.2) is 4.98 Å². The summed E-state index contributed by atoms with van der Waals surface area (Å²) >= 11 is 3.25. The number of nitrogens with zero attached hydrogens (tertiary/aromatic N) is 2. The highest BCUT2D eigenvalue weighted by atomic mass is 79.9. The largest absolute Gasteiger partial charge is 0.491 e. The van der Waals surface area contributed by atoms with Gasteiger partial charge in [-0.15, -0.1) is 0 Å². The Kier molecular flexibility index (Phi) is 4.07. The summed E-state index contributed by atoms with van der Waals surface area (Å²) in [6, 6.07) is 5.42. The zero-order chi connectivity index (χ0) is 14.8. The maximum atomic E-state index is 10.1. The molecule has 0 aromatic carbocycles. The maximum absolute atomic E-state index is 10.1. The van der Waals surface area contributed by atoms with Crippen LogP contribution in [-0.4, -0.2) is 26.8 Å². The SMILES string of the molecule is Oc1ncc(Br)cc1OCC(O)c1ccc(C2CC2)nc1. The van der Waals surface area contributed by atoms with Gasteiger partial charge in [0.15, 0.2) is 5.75 Å². The number of aromatic nitrogens is 2. The predicted molar refractivity (Wildman–Crippen MR) is 80.3 cm³/mol. The summed E-state index contributed by atoms with van der Waals surface area (Å²) in [4.78, 5) is 8.12. The predicted octanol–water partition coefficient (Wildman–Crippen LogP) is 2.93. The lowest BCUT2D eigenvalue weighted by Gasteiger charge is -2.13. The summed E-state index contributed by atoms with van der Waals surface area (Å²) < 4.78 is 6.10. The molecule has 3 rings (SSSR count). The number of ether oxygens (including phenoxy) is 1. The number of halogens is 1. The summed E-state index contributed by atoms with van der Waals surface area (Å²) in [6.07, 6.45) is 4.75. The first-order valence-electron chi connectivity index (χ1n) is 6.74. The Bertz CT molecular complexity index is 629. The van der Waals surface area contributed by atoms with E-state index in [1.54, 1.807) is 12.3 Å². The van der Waals surface area contributed by atoms with E-state index >= 15 is 0 Å². The van der Waals surface area contributed by atoms with Crippen molar-refractivity contribution in [3.8, 4) is 11.6 Å². The molecule has 21 heavy (non-hydrogen) atoms. The van der Waals surface area contributed by atoms with Crippen molar-refractivity contribution in [3.05, 3.63) is 46.3 Å². The second kappa shape index (κ2) is 5.99. The summed E-state index contributed by atoms with van der Waals surface area (Å²) in [7, 11) is 0. The van der Waals surface area contributed by atoms with Crippen LogP contribution in [0, 0.1) is 0 Å². The third-order valence-corrected chi connectivity index (χ3v) is 3.82. The number of hydrogen-bond donors (Lipinski definition) is 2. The summed E-state index contributed by atoms with van der Waals surface area (Å²) in [6.45, 7) is 0.0240. The van der Waals surface area contributed by atoms with Crippen molar-refractivity contribution in [2.45, 2.75) is 24.9 Å². The molecule has 1 unspecified atom stereocenters. The van der Waals surface area contributed by atoms with Gasteiger partial charge in [0.2, 0.25) is 0 Å². The number of aliphatic hydroxyl groups excluding tert-OH is 1. The molecule has 1 saturated carbocycles. The first-order valence-corrected chi connectivity index (χ1v) is 7.54. The molecule has 5 nitrogen and oxygen atoms in total. The fourth-order valence-corrected chi connectivity index (χ4v) is 2.33. The molecule has 110 valence electrons. The molecule has 2 aromatic rings. The summed E-state index contributed by atoms with van der Waals surface area (Å²) in [5.41, 5.74) is 1.78. The topological polar surface area (TPSA) is 75.5 Å². The average molecular weight is 351 g/mol. The van der Waals surface area contributed by atoms with Gasteiger partial charge in [0.1, 0.15) is 12.7 Å². The number of aromatic hydroxyl groups is 1. The Morgan fingerprint density at radius 3 is 2.76 bits per heavy atom. The van der Waals surface area contributed by atoms with E-state index in [2.05, 4.69) is 25.9 Å². The van der Waals surface area contributed by atoms with Crippen LogP contribution in [0.3, 0.4) is 0 Å². The normalized spacial score (nSPS) is 15.7. The van der Waals surface area contributed by atoms with Crippen molar-refractivity contribution in [1.29, 1.82) is 0 Å². The van der Waals surface area contributed by atoms with Crippen LogP contribution in [-0.2, 0) is 0 Å². The molecule has 2 heterocycles. The van der Waals surface area contributed by atoms with Crippen molar-refractivity contribution in [3.63, 3.8) is 0 Å². The van der Waals surface area contributed by atoms with E-state index < -0.39 is 6.10 Å². The Labute approximate surface area is 130 Å². The van der Waals surface area contributed by atoms with Gasteiger partial charge in [-0.1, -0.05) is 6.07 Å². The molecule has 0 radical (unpaired) electrons. The van der Waals surface area contributed by atoms with Crippen LogP contribution in [0.1, 0.15) is 36.1 Å². The third-order valence-electron chi connectivity index (χ3n) is 3.39. The van der Waals surface area contributed by atoms with Gasteiger partial charge in [-0.05, 0) is 34.8 Å². The summed E-state index contributed by atoms with van der Waals surface area (Å²) in [5, 5.41) is 19.7. The number of rotatable bonds is 5. The number of hydrogen-bond acceptors (Lipinski definition) is 5. The quantitative estimate of drug-likeness (QED) is 0.866. The highest BCUT2D eigenvalue weighted by Gasteiger charge is 2.24. The zero-order valence-corrected chi connectivity index (χ0v) is 12.8. The van der Waals surface area contributed by atoms with Crippen LogP contribution in [0.2, 0.25) is 0 Å². The zero-order valence-electron chi connectivity index (χ0n) is 11.2. The van der Waals surface area contributed by atoms with Gasteiger partial charge in [0.25, 0.3) is 5.88 Å². The Balaban J connectivity index is 1.62. The van der Waals surface area contributed by atoms with Crippen LogP contribution in [0.5, 0.6) is 11.6 Å². The van der Waals surface area contributed by atoms with Gasteiger partial charge >= 0.3 is 0 Å². The van der Waals surface area contributed by atoms with E-state index in [0.717, 1.165) is 5.69 Å². The summed E-state index contributed by atoms with van der Waals surface area (Å²) in [5.74, 6) is 0.621. The Morgan fingerprint density at radius 1 is 1.29 bits per heavy atom. The molecule has 0 bridgehead atoms. The highest BCUT2D eigenvalue weighted by Crippen LogP contribution is 2.39. The number of pyridine rings is 2. The van der Waals surface area contributed by atoms with E-state index in [9.17, 15) is 10.2 Å². The maximum Gasteiger partial charge on any atom is 0.254 e. The minimum absolute atomic E-state index is 0.0240. The molecular weight excluding hydrogens is 336 g/mol. The van der Waals surface area contributed by atoms with E-state index in [0.29, 0.717) is 16.0 Å². The van der Waals surface area contributed by atoms with Gasteiger partial charge in [0.05, 0.1) is 0 Å². The number of aliphatic hydroxyl groups is 1. The van der Waals surface area contributed by atoms with Crippen LogP contribution >= 0.6 is 15.9 Å². The lowest BCUT2D eigenvalue weighted by Crippen LogP contribution is -2.10. The molecule has 1 atom stereocenters. The van der Waals surface area contributed by atoms with Gasteiger partial charge < -0.3 is 14.9 Å². The van der Waals surface area contributed by atoms with Crippen molar-refractivity contribution >= 4 is 15.9 Å². The third kappa shape index (κ3) is 3.51. The standard InChI is InChI=1S/C15H15BrN2O3/c16-11-5-14(15(20)18-7-11)21-8-13(19)10-3-4-12(17-6-10)9-1-2-9/h3-7,9,13,19H,1-2,8H2,(H,18,20). The molecule has 2 N–H and O–H groups in total. The monoisotopic (exact) mass is 350 g/mol. The van der Waals surface area contributed by atoms with E-state index in [1.165, 1.54) is 19.0 Å².